The molecule has 2 aromatic rings. The second-order valence-electron chi connectivity index (χ2n) is 4.64. The molecule has 0 aliphatic carbocycles. The van der Waals surface area contributed by atoms with Gasteiger partial charge in [-0.15, -0.1) is 0 Å². The second-order valence-corrected chi connectivity index (χ2v) is 5.60. The number of amides is 1. The van der Waals surface area contributed by atoms with Gasteiger partial charge in [-0.3, -0.25) is 9.89 Å². The van der Waals surface area contributed by atoms with E-state index in [9.17, 15) is 4.79 Å². The summed E-state index contributed by atoms with van der Waals surface area (Å²) in [5.74, 6) is 1.50. The van der Waals surface area contributed by atoms with Crippen LogP contribution in [0, 0.1) is 0 Å². The quantitative estimate of drug-likeness (QED) is 0.835. The molecule has 0 radical (unpaired) electrons. The number of aromatic amines is 1. The van der Waals surface area contributed by atoms with Crippen molar-refractivity contribution in [3.8, 4) is 0 Å². The lowest BCUT2D eigenvalue weighted by Gasteiger charge is -2.35. The number of hydrogen-bond donors (Lipinski definition) is 1. The highest BCUT2D eigenvalue weighted by atomic mass is 32.2. The molecule has 1 amide bonds. The highest BCUT2D eigenvalue weighted by Crippen LogP contribution is 2.15. The lowest BCUT2D eigenvalue weighted by atomic mass is 10.3. The molecule has 3 rings (SSSR count). The van der Waals surface area contributed by atoms with Crippen molar-refractivity contribution in [3.63, 3.8) is 0 Å². The first-order chi connectivity index (χ1) is 10.3. The molecular weight excluding hydrogens is 288 g/mol. The maximum atomic E-state index is 12.1. The summed E-state index contributed by atoms with van der Waals surface area (Å²) in [6.07, 6.45) is 3.24. The summed E-state index contributed by atoms with van der Waals surface area (Å²) in [6.45, 7) is 3.09. The number of aromatic nitrogens is 4. The number of hydrogen-bond acceptors (Lipinski definition) is 6. The zero-order chi connectivity index (χ0) is 14.5. The third-order valence-corrected chi connectivity index (χ3v) is 4.19. The normalized spacial score (nSPS) is 15.2. The number of nitrogens with one attached hydrogen (secondary N) is 1. The van der Waals surface area contributed by atoms with E-state index in [1.165, 1.54) is 18.1 Å². The van der Waals surface area contributed by atoms with E-state index in [1.807, 2.05) is 23.1 Å². The van der Waals surface area contributed by atoms with Crippen LogP contribution in [0.5, 0.6) is 0 Å². The van der Waals surface area contributed by atoms with Crippen molar-refractivity contribution in [2.24, 2.45) is 0 Å². The van der Waals surface area contributed by atoms with E-state index in [2.05, 4.69) is 25.1 Å². The molecule has 1 saturated heterocycles. The number of H-pyrrole nitrogens is 1. The zero-order valence-electron chi connectivity index (χ0n) is 11.5. The minimum atomic E-state index is 0.136. The lowest BCUT2D eigenvalue weighted by molar-refractivity contribution is -0.128. The summed E-state index contributed by atoms with van der Waals surface area (Å²) < 4.78 is 0. The minimum absolute atomic E-state index is 0.136. The smallest absolute Gasteiger partial charge is 0.233 e. The molecule has 0 unspecified atom stereocenters. The van der Waals surface area contributed by atoms with Crippen LogP contribution in [0.2, 0.25) is 0 Å². The van der Waals surface area contributed by atoms with Crippen LogP contribution in [0.25, 0.3) is 0 Å². The molecular formula is C13H16N6OS. The van der Waals surface area contributed by atoms with Crippen LogP contribution in [0.4, 0.5) is 5.82 Å². The summed E-state index contributed by atoms with van der Waals surface area (Å²) in [6, 6.07) is 5.88. The summed E-state index contributed by atoms with van der Waals surface area (Å²) in [5.41, 5.74) is 0. The van der Waals surface area contributed by atoms with Gasteiger partial charge in [0.1, 0.15) is 12.1 Å². The molecule has 2 aromatic heterocycles. The van der Waals surface area contributed by atoms with Gasteiger partial charge in [0.05, 0.1) is 5.75 Å². The van der Waals surface area contributed by atoms with Gasteiger partial charge in [0, 0.05) is 32.4 Å². The molecule has 1 aliphatic heterocycles. The van der Waals surface area contributed by atoms with Crippen molar-refractivity contribution in [1.82, 2.24) is 25.1 Å². The van der Waals surface area contributed by atoms with Crippen molar-refractivity contribution in [1.29, 1.82) is 0 Å². The van der Waals surface area contributed by atoms with E-state index in [-0.39, 0.29) is 5.91 Å². The van der Waals surface area contributed by atoms with Crippen molar-refractivity contribution in [2.75, 3.05) is 36.8 Å². The van der Waals surface area contributed by atoms with E-state index in [0.717, 1.165) is 32.0 Å². The molecule has 3 heterocycles. The average molecular weight is 304 g/mol. The fourth-order valence-corrected chi connectivity index (χ4v) is 2.89. The van der Waals surface area contributed by atoms with Gasteiger partial charge in [-0.1, -0.05) is 17.8 Å². The first-order valence-electron chi connectivity index (χ1n) is 6.75. The Labute approximate surface area is 126 Å². The zero-order valence-corrected chi connectivity index (χ0v) is 12.3. The van der Waals surface area contributed by atoms with Crippen LogP contribution in [-0.2, 0) is 4.79 Å². The van der Waals surface area contributed by atoms with E-state index in [0.29, 0.717) is 10.9 Å². The number of rotatable bonds is 4. The molecule has 0 aromatic carbocycles. The number of carbonyl (C=O) groups is 1. The monoisotopic (exact) mass is 304 g/mol. The fraction of sp³-hybridized carbons (Fsp3) is 0.385. The van der Waals surface area contributed by atoms with Crippen LogP contribution in [0.3, 0.4) is 0 Å². The molecule has 8 heteroatoms. The van der Waals surface area contributed by atoms with Crippen molar-refractivity contribution < 1.29 is 4.79 Å². The standard InChI is InChI=1S/C13H16N6OS/c20-12(9-21-13-15-10-16-17-13)19-7-5-18(6-8-19)11-3-1-2-4-14-11/h1-4,10H,5-9H2,(H,15,16,17). The lowest BCUT2D eigenvalue weighted by Crippen LogP contribution is -2.49. The maximum absolute atomic E-state index is 12.1. The van der Waals surface area contributed by atoms with E-state index in [4.69, 9.17) is 0 Å². The molecule has 0 bridgehead atoms. The van der Waals surface area contributed by atoms with Gasteiger partial charge in [-0.05, 0) is 12.1 Å². The summed E-state index contributed by atoms with van der Waals surface area (Å²) in [5, 5.41) is 7.18. The predicted molar refractivity (Wildman–Crippen MR) is 80.1 cm³/mol. The SMILES string of the molecule is O=C(CSc1ncn[nH]1)N1CCN(c2ccccn2)CC1. The molecule has 0 saturated carbocycles. The Kier molecular flexibility index (Phi) is 4.34. The van der Waals surface area contributed by atoms with E-state index >= 15 is 0 Å². The second kappa shape index (κ2) is 6.57. The Morgan fingerprint density at radius 1 is 1.24 bits per heavy atom. The molecule has 7 nitrogen and oxygen atoms in total. The number of carbonyl (C=O) groups excluding carboxylic acids is 1. The Balaban J connectivity index is 1.48. The third-order valence-electron chi connectivity index (χ3n) is 3.33. The van der Waals surface area contributed by atoms with Gasteiger partial charge < -0.3 is 9.80 Å². The van der Waals surface area contributed by atoms with Crippen LogP contribution in [0.1, 0.15) is 0 Å². The highest BCUT2D eigenvalue weighted by molar-refractivity contribution is 7.99. The molecule has 21 heavy (non-hydrogen) atoms. The number of anilines is 1. The summed E-state index contributed by atoms with van der Waals surface area (Å²) in [7, 11) is 0. The van der Waals surface area contributed by atoms with Gasteiger partial charge >= 0.3 is 0 Å². The van der Waals surface area contributed by atoms with Crippen molar-refractivity contribution in [2.45, 2.75) is 5.16 Å². The van der Waals surface area contributed by atoms with Gasteiger partial charge in [-0.25, -0.2) is 9.97 Å². The number of thioether (sulfide) groups is 1. The number of nitrogens with zero attached hydrogens (tertiary/aromatic N) is 5. The maximum Gasteiger partial charge on any atom is 0.233 e. The number of piperazine rings is 1. The Hall–Kier alpha value is -2.09. The van der Waals surface area contributed by atoms with Crippen molar-refractivity contribution in [3.05, 3.63) is 30.7 Å². The molecule has 1 fully saturated rings. The topological polar surface area (TPSA) is 78.0 Å². The first kappa shape index (κ1) is 13.9. The highest BCUT2D eigenvalue weighted by Gasteiger charge is 2.21. The first-order valence-corrected chi connectivity index (χ1v) is 7.73. The number of pyridine rings is 1. The minimum Gasteiger partial charge on any atom is -0.353 e. The van der Waals surface area contributed by atoms with Crippen LogP contribution < -0.4 is 4.90 Å². The molecule has 0 atom stereocenters. The molecule has 0 spiro atoms. The largest absolute Gasteiger partial charge is 0.353 e. The van der Waals surface area contributed by atoms with Gasteiger partial charge in [0.25, 0.3) is 0 Å². The Bertz CT molecular complexity index is 568. The Morgan fingerprint density at radius 3 is 2.76 bits per heavy atom. The van der Waals surface area contributed by atoms with Gasteiger partial charge in [0.2, 0.25) is 5.91 Å². The van der Waals surface area contributed by atoms with Gasteiger partial charge in [0.15, 0.2) is 5.16 Å². The summed E-state index contributed by atoms with van der Waals surface area (Å²) >= 11 is 1.38. The average Bonchev–Trinajstić information content (AvgIpc) is 3.07. The van der Waals surface area contributed by atoms with E-state index < -0.39 is 0 Å². The van der Waals surface area contributed by atoms with E-state index in [1.54, 1.807) is 6.20 Å². The van der Waals surface area contributed by atoms with Crippen molar-refractivity contribution >= 4 is 23.5 Å². The molecule has 1 aliphatic rings. The van der Waals surface area contributed by atoms with Crippen LogP contribution in [-0.4, -0.2) is 62.9 Å². The fourth-order valence-electron chi connectivity index (χ4n) is 2.21. The van der Waals surface area contributed by atoms with Crippen LogP contribution in [0.15, 0.2) is 35.9 Å². The van der Waals surface area contributed by atoms with Crippen LogP contribution >= 0.6 is 11.8 Å². The Morgan fingerprint density at radius 2 is 2.10 bits per heavy atom. The molecule has 1 N–H and O–H groups in total. The third kappa shape index (κ3) is 3.52. The predicted octanol–water partition coefficient (Wildman–Crippen LogP) is 0.641. The summed E-state index contributed by atoms with van der Waals surface area (Å²) in [4.78, 5) is 24.6. The molecule has 110 valence electrons. The van der Waals surface area contributed by atoms with Gasteiger partial charge in [-0.2, -0.15) is 5.10 Å².